The SMILES string of the molecule is CC[C@H]1c2ccsc2CCN1c1ncccc1[N+](=O)[O-]. The van der Waals surface area contributed by atoms with Gasteiger partial charge in [-0.25, -0.2) is 4.98 Å². The zero-order valence-electron chi connectivity index (χ0n) is 11.2. The molecular formula is C14H15N3O2S. The van der Waals surface area contributed by atoms with Crippen molar-refractivity contribution in [3.63, 3.8) is 0 Å². The lowest BCUT2D eigenvalue weighted by molar-refractivity contribution is -0.384. The van der Waals surface area contributed by atoms with Gasteiger partial charge in [-0.2, -0.15) is 0 Å². The molecule has 6 heteroatoms. The fourth-order valence-corrected chi connectivity index (χ4v) is 3.77. The molecule has 2 aromatic heterocycles. The normalized spacial score (nSPS) is 17.9. The lowest BCUT2D eigenvalue weighted by Gasteiger charge is -2.35. The average molecular weight is 289 g/mol. The van der Waals surface area contributed by atoms with Gasteiger partial charge in [0.05, 0.1) is 11.0 Å². The van der Waals surface area contributed by atoms with E-state index in [0.29, 0.717) is 5.82 Å². The first-order chi connectivity index (χ1) is 9.72. The van der Waals surface area contributed by atoms with E-state index >= 15 is 0 Å². The van der Waals surface area contributed by atoms with Crippen LogP contribution < -0.4 is 4.90 Å². The summed E-state index contributed by atoms with van der Waals surface area (Å²) in [7, 11) is 0. The third-order valence-electron chi connectivity index (χ3n) is 3.72. The minimum absolute atomic E-state index is 0.0876. The van der Waals surface area contributed by atoms with Crippen molar-refractivity contribution in [3.05, 3.63) is 50.3 Å². The number of pyridine rings is 1. The lowest BCUT2D eigenvalue weighted by atomic mass is 9.97. The van der Waals surface area contributed by atoms with Gasteiger partial charge < -0.3 is 4.90 Å². The number of anilines is 1. The van der Waals surface area contributed by atoms with Crippen molar-refractivity contribution in [1.29, 1.82) is 0 Å². The number of nitro groups is 1. The van der Waals surface area contributed by atoms with E-state index in [1.165, 1.54) is 16.5 Å². The van der Waals surface area contributed by atoms with Crippen LogP contribution in [-0.4, -0.2) is 16.5 Å². The zero-order valence-corrected chi connectivity index (χ0v) is 12.0. The molecular weight excluding hydrogens is 274 g/mol. The highest BCUT2D eigenvalue weighted by Crippen LogP contribution is 2.39. The fourth-order valence-electron chi connectivity index (χ4n) is 2.84. The standard InChI is InChI=1S/C14H15N3O2S/c1-2-11-10-6-9-20-13(10)5-8-16(11)14-12(17(18)19)4-3-7-15-14/h3-4,6-7,9,11H,2,5,8H2,1H3/t11-/m0/s1. The minimum atomic E-state index is -0.349. The smallest absolute Gasteiger partial charge is 0.311 e. The molecule has 104 valence electrons. The number of nitrogens with zero attached hydrogens (tertiary/aromatic N) is 3. The molecule has 0 unspecified atom stereocenters. The molecule has 5 nitrogen and oxygen atoms in total. The van der Waals surface area contributed by atoms with Crippen LogP contribution in [0.5, 0.6) is 0 Å². The summed E-state index contributed by atoms with van der Waals surface area (Å²) in [5, 5.41) is 13.3. The van der Waals surface area contributed by atoms with E-state index in [9.17, 15) is 10.1 Å². The van der Waals surface area contributed by atoms with E-state index in [2.05, 4.69) is 28.3 Å². The first kappa shape index (κ1) is 13.1. The Labute approximate surface area is 121 Å². The van der Waals surface area contributed by atoms with Crippen molar-refractivity contribution in [2.45, 2.75) is 25.8 Å². The summed E-state index contributed by atoms with van der Waals surface area (Å²) in [6.07, 6.45) is 3.47. The number of thiophene rings is 1. The number of hydrogen-bond donors (Lipinski definition) is 0. The van der Waals surface area contributed by atoms with Crippen molar-refractivity contribution in [3.8, 4) is 0 Å². The molecule has 1 atom stereocenters. The van der Waals surface area contributed by atoms with Gasteiger partial charge in [-0.1, -0.05) is 6.92 Å². The molecule has 0 N–H and O–H groups in total. The Hall–Kier alpha value is -1.95. The summed E-state index contributed by atoms with van der Waals surface area (Å²) in [6, 6.07) is 5.45. The molecule has 1 aliphatic heterocycles. The molecule has 0 radical (unpaired) electrons. The summed E-state index contributed by atoms with van der Waals surface area (Å²) in [5.41, 5.74) is 1.38. The Morgan fingerprint density at radius 1 is 1.55 bits per heavy atom. The first-order valence-corrected chi connectivity index (χ1v) is 7.52. The van der Waals surface area contributed by atoms with Crippen LogP contribution in [-0.2, 0) is 6.42 Å². The summed E-state index contributed by atoms with van der Waals surface area (Å²) >= 11 is 1.77. The molecule has 3 heterocycles. The van der Waals surface area contributed by atoms with E-state index in [4.69, 9.17) is 0 Å². The second-order valence-electron chi connectivity index (χ2n) is 4.77. The highest BCUT2D eigenvalue weighted by molar-refractivity contribution is 7.10. The monoisotopic (exact) mass is 289 g/mol. The van der Waals surface area contributed by atoms with Crippen LogP contribution >= 0.6 is 11.3 Å². The molecule has 0 fully saturated rings. The van der Waals surface area contributed by atoms with Crippen LogP contribution in [0.4, 0.5) is 11.5 Å². The molecule has 0 bridgehead atoms. The number of hydrogen-bond acceptors (Lipinski definition) is 5. The maximum atomic E-state index is 11.2. The highest BCUT2D eigenvalue weighted by atomic mass is 32.1. The molecule has 0 aromatic carbocycles. The third kappa shape index (κ3) is 2.06. The fraction of sp³-hybridized carbons (Fsp3) is 0.357. The van der Waals surface area contributed by atoms with Crippen LogP contribution in [0.1, 0.15) is 29.8 Å². The van der Waals surface area contributed by atoms with Gasteiger partial charge >= 0.3 is 5.69 Å². The topological polar surface area (TPSA) is 59.3 Å². The minimum Gasteiger partial charge on any atom is -0.343 e. The Kier molecular flexibility index (Phi) is 3.40. The molecule has 0 aliphatic carbocycles. The van der Waals surface area contributed by atoms with Gasteiger partial charge in [0.2, 0.25) is 5.82 Å². The third-order valence-corrected chi connectivity index (χ3v) is 4.71. The summed E-state index contributed by atoms with van der Waals surface area (Å²) in [5.74, 6) is 0.487. The number of aromatic nitrogens is 1. The van der Waals surface area contributed by atoms with Gasteiger partial charge in [-0.05, 0) is 35.9 Å². The van der Waals surface area contributed by atoms with Gasteiger partial charge in [0, 0.05) is 23.7 Å². The molecule has 0 amide bonds. The van der Waals surface area contributed by atoms with Crippen molar-refractivity contribution in [2.75, 3.05) is 11.4 Å². The maximum Gasteiger partial charge on any atom is 0.311 e. The van der Waals surface area contributed by atoms with Crippen LogP contribution in [0, 0.1) is 10.1 Å². The number of rotatable bonds is 3. The molecule has 3 rings (SSSR count). The van der Waals surface area contributed by atoms with E-state index in [-0.39, 0.29) is 16.7 Å². The van der Waals surface area contributed by atoms with Crippen molar-refractivity contribution in [2.24, 2.45) is 0 Å². The Balaban J connectivity index is 2.05. The molecule has 20 heavy (non-hydrogen) atoms. The zero-order chi connectivity index (χ0) is 14.1. The summed E-state index contributed by atoms with van der Waals surface area (Å²) in [6.45, 7) is 2.89. The second kappa shape index (κ2) is 5.20. The largest absolute Gasteiger partial charge is 0.343 e. The van der Waals surface area contributed by atoms with E-state index in [1.807, 2.05) is 0 Å². The second-order valence-corrected chi connectivity index (χ2v) is 5.77. The van der Waals surface area contributed by atoms with Crippen molar-refractivity contribution >= 4 is 22.8 Å². The molecule has 2 aromatic rings. The lowest BCUT2D eigenvalue weighted by Crippen LogP contribution is -2.35. The van der Waals surface area contributed by atoms with Crippen LogP contribution in [0.3, 0.4) is 0 Å². The number of fused-ring (bicyclic) bond motifs is 1. The van der Waals surface area contributed by atoms with Gasteiger partial charge in [-0.15, -0.1) is 11.3 Å². The van der Waals surface area contributed by atoms with Gasteiger partial charge in [0.25, 0.3) is 0 Å². The molecule has 1 aliphatic rings. The van der Waals surface area contributed by atoms with Gasteiger partial charge in [-0.3, -0.25) is 10.1 Å². The van der Waals surface area contributed by atoms with Crippen LogP contribution in [0.15, 0.2) is 29.8 Å². The quantitative estimate of drug-likeness (QED) is 0.640. The van der Waals surface area contributed by atoms with Crippen LogP contribution in [0.2, 0.25) is 0 Å². The Morgan fingerprint density at radius 3 is 3.15 bits per heavy atom. The predicted molar refractivity (Wildman–Crippen MR) is 79.3 cm³/mol. The maximum absolute atomic E-state index is 11.2. The van der Waals surface area contributed by atoms with Crippen molar-refractivity contribution < 1.29 is 4.92 Å². The predicted octanol–water partition coefficient (Wildman–Crippen LogP) is 3.57. The molecule has 0 saturated carbocycles. The van der Waals surface area contributed by atoms with E-state index in [0.717, 1.165) is 19.4 Å². The van der Waals surface area contributed by atoms with Crippen LogP contribution in [0.25, 0.3) is 0 Å². The molecule has 0 spiro atoms. The average Bonchev–Trinajstić information content (AvgIpc) is 2.94. The first-order valence-electron chi connectivity index (χ1n) is 6.64. The van der Waals surface area contributed by atoms with Crippen molar-refractivity contribution in [1.82, 2.24) is 4.98 Å². The van der Waals surface area contributed by atoms with Gasteiger partial charge in [0.15, 0.2) is 0 Å². The highest BCUT2D eigenvalue weighted by Gasteiger charge is 2.31. The van der Waals surface area contributed by atoms with E-state index in [1.54, 1.807) is 23.6 Å². The Morgan fingerprint density at radius 2 is 2.40 bits per heavy atom. The summed E-state index contributed by atoms with van der Waals surface area (Å²) < 4.78 is 0. The van der Waals surface area contributed by atoms with Gasteiger partial charge in [0.1, 0.15) is 0 Å². The molecule has 0 saturated heterocycles. The Bertz CT molecular complexity index is 641. The van der Waals surface area contributed by atoms with E-state index < -0.39 is 0 Å². The summed E-state index contributed by atoms with van der Waals surface area (Å²) in [4.78, 5) is 18.6.